The molecule has 0 unspecified atom stereocenters. The molecule has 0 amide bonds. The second-order valence-electron chi connectivity index (χ2n) is 7.67. The SMILES string of the molecule is CCc1nc2cccnc2n1CC(=O)O[C@@H]1C[C@H](C)CC[C@H]1C(C)C. The van der Waals surface area contributed by atoms with Crippen molar-refractivity contribution in [2.24, 2.45) is 17.8 Å². The van der Waals surface area contributed by atoms with E-state index in [4.69, 9.17) is 4.74 Å². The van der Waals surface area contributed by atoms with E-state index >= 15 is 0 Å². The summed E-state index contributed by atoms with van der Waals surface area (Å²) in [7, 11) is 0. The van der Waals surface area contributed by atoms with Crippen LogP contribution >= 0.6 is 0 Å². The van der Waals surface area contributed by atoms with E-state index in [2.05, 4.69) is 30.7 Å². The summed E-state index contributed by atoms with van der Waals surface area (Å²) in [6, 6.07) is 3.80. The molecular formula is C20H29N3O2. The molecule has 1 fully saturated rings. The Morgan fingerprint density at radius 1 is 1.40 bits per heavy atom. The van der Waals surface area contributed by atoms with E-state index in [-0.39, 0.29) is 18.6 Å². The van der Waals surface area contributed by atoms with Gasteiger partial charge in [0.1, 0.15) is 24.0 Å². The molecule has 3 rings (SSSR count). The normalized spacial score (nSPS) is 24.0. The molecule has 5 heteroatoms. The van der Waals surface area contributed by atoms with Gasteiger partial charge >= 0.3 is 5.97 Å². The largest absolute Gasteiger partial charge is 0.461 e. The van der Waals surface area contributed by atoms with Gasteiger partial charge < -0.3 is 9.30 Å². The van der Waals surface area contributed by atoms with Crippen molar-refractivity contribution in [2.45, 2.75) is 66.0 Å². The van der Waals surface area contributed by atoms with E-state index in [1.165, 1.54) is 6.42 Å². The highest BCUT2D eigenvalue weighted by Crippen LogP contribution is 2.35. The Kier molecular flexibility index (Phi) is 5.40. The second-order valence-corrected chi connectivity index (χ2v) is 7.67. The zero-order valence-corrected chi connectivity index (χ0v) is 15.7. The van der Waals surface area contributed by atoms with Crippen LogP contribution in [0.1, 0.15) is 52.8 Å². The highest BCUT2D eigenvalue weighted by Gasteiger charge is 2.33. The first-order valence-corrected chi connectivity index (χ1v) is 9.49. The number of hydrogen-bond donors (Lipinski definition) is 0. The Hall–Kier alpha value is -1.91. The molecule has 0 aliphatic heterocycles. The Balaban J connectivity index is 1.76. The number of hydrogen-bond acceptors (Lipinski definition) is 4. The molecule has 25 heavy (non-hydrogen) atoms. The van der Waals surface area contributed by atoms with Gasteiger partial charge in [-0.3, -0.25) is 4.79 Å². The first kappa shape index (κ1) is 17.9. The van der Waals surface area contributed by atoms with E-state index in [1.54, 1.807) is 6.20 Å². The second kappa shape index (κ2) is 7.54. The molecular weight excluding hydrogens is 314 g/mol. The van der Waals surface area contributed by atoms with E-state index in [9.17, 15) is 4.79 Å². The topological polar surface area (TPSA) is 57.0 Å². The minimum atomic E-state index is -0.176. The Morgan fingerprint density at radius 3 is 2.92 bits per heavy atom. The van der Waals surface area contributed by atoms with Crippen molar-refractivity contribution in [1.82, 2.24) is 14.5 Å². The molecule has 2 aromatic rings. The third-order valence-electron chi connectivity index (χ3n) is 5.43. The Bertz CT molecular complexity index is 738. The summed E-state index contributed by atoms with van der Waals surface area (Å²) in [6.07, 6.45) is 5.88. The number of rotatable bonds is 5. The molecule has 0 spiro atoms. The molecule has 2 heterocycles. The van der Waals surface area contributed by atoms with Crippen molar-refractivity contribution >= 4 is 17.1 Å². The summed E-state index contributed by atoms with van der Waals surface area (Å²) >= 11 is 0. The predicted molar refractivity (Wildman–Crippen MR) is 98.1 cm³/mol. The van der Waals surface area contributed by atoms with E-state index < -0.39 is 0 Å². The molecule has 136 valence electrons. The lowest BCUT2D eigenvalue weighted by Gasteiger charge is -2.36. The minimum Gasteiger partial charge on any atom is -0.461 e. The molecule has 0 aromatic carbocycles. The van der Waals surface area contributed by atoms with Crippen LogP contribution in [0.25, 0.3) is 11.2 Å². The van der Waals surface area contributed by atoms with Crippen molar-refractivity contribution in [3.63, 3.8) is 0 Å². The van der Waals surface area contributed by atoms with Crippen LogP contribution in [-0.2, 0) is 22.5 Å². The quantitative estimate of drug-likeness (QED) is 0.770. The number of nitrogens with zero attached hydrogens (tertiary/aromatic N) is 3. The lowest BCUT2D eigenvalue weighted by molar-refractivity contribution is -0.156. The summed E-state index contributed by atoms with van der Waals surface area (Å²) in [6.45, 7) is 8.93. The number of imidazole rings is 1. The fourth-order valence-electron chi connectivity index (χ4n) is 4.03. The molecule has 3 atom stereocenters. The smallest absolute Gasteiger partial charge is 0.326 e. The highest BCUT2D eigenvalue weighted by molar-refractivity contribution is 5.75. The summed E-state index contributed by atoms with van der Waals surface area (Å²) in [5, 5.41) is 0. The van der Waals surface area contributed by atoms with Crippen molar-refractivity contribution in [1.29, 1.82) is 0 Å². The van der Waals surface area contributed by atoms with E-state index in [1.807, 2.05) is 23.6 Å². The molecule has 0 bridgehead atoms. The van der Waals surface area contributed by atoms with E-state index in [0.717, 1.165) is 36.3 Å². The molecule has 1 aliphatic carbocycles. The molecule has 5 nitrogen and oxygen atoms in total. The maximum atomic E-state index is 12.7. The Morgan fingerprint density at radius 2 is 2.20 bits per heavy atom. The van der Waals surface area contributed by atoms with Crippen molar-refractivity contribution in [2.75, 3.05) is 0 Å². The minimum absolute atomic E-state index is 0.0315. The van der Waals surface area contributed by atoms with Gasteiger partial charge in [0, 0.05) is 12.6 Å². The van der Waals surface area contributed by atoms with Gasteiger partial charge in [0.25, 0.3) is 0 Å². The molecule has 1 saturated carbocycles. The van der Waals surface area contributed by atoms with Crippen molar-refractivity contribution in [3.05, 3.63) is 24.2 Å². The fraction of sp³-hybridized carbons (Fsp3) is 0.650. The highest BCUT2D eigenvalue weighted by atomic mass is 16.5. The fourth-order valence-corrected chi connectivity index (χ4v) is 4.03. The van der Waals surface area contributed by atoms with Crippen LogP contribution in [0.2, 0.25) is 0 Å². The molecule has 2 aromatic heterocycles. The number of pyridine rings is 1. The zero-order valence-electron chi connectivity index (χ0n) is 15.7. The summed E-state index contributed by atoms with van der Waals surface area (Å²) in [5.74, 6) is 2.32. The van der Waals surface area contributed by atoms with Gasteiger partial charge in [-0.1, -0.05) is 34.1 Å². The number of fused-ring (bicyclic) bond motifs is 1. The van der Waals surface area contributed by atoms with Crippen LogP contribution in [0, 0.1) is 17.8 Å². The van der Waals surface area contributed by atoms with Crippen molar-refractivity contribution < 1.29 is 9.53 Å². The van der Waals surface area contributed by atoms with Crippen LogP contribution in [-0.4, -0.2) is 26.6 Å². The van der Waals surface area contributed by atoms with Gasteiger partial charge in [-0.05, 0) is 42.7 Å². The summed E-state index contributed by atoms with van der Waals surface area (Å²) in [4.78, 5) is 21.6. The monoisotopic (exact) mass is 343 g/mol. The van der Waals surface area contributed by atoms with Crippen LogP contribution in [0.15, 0.2) is 18.3 Å². The van der Waals surface area contributed by atoms with Crippen LogP contribution in [0.4, 0.5) is 0 Å². The molecule has 0 radical (unpaired) electrons. The maximum Gasteiger partial charge on any atom is 0.326 e. The number of esters is 1. The number of carbonyl (C=O) groups excluding carboxylic acids is 1. The average molecular weight is 343 g/mol. The number of aryl methyl sites for hydroxylation is 1. The first-order chi connectivity index (χ1) is 12.0. The Labute approximate surface area is 149 Å². The van der Waals surface area contributed by atoms with Gasteiger partial charge in [0.2, 0.25) is 0 Å². The zero-order chi connectivity index (χ0) is 18.0. The predicted octanol–water partition coefficient (Wildman–Crippen LogP) is 4.00. The first-order valence-electron chi connectivity index (χ1n) is 9.49. The molecule has 0 N–H and O–H groups in total. The van der Waals surface area contributed by atoms with Gasteiger partial charge in [0.05, 0.1) is 0 Å². The summed E-state index contributed by atoms with van der Waals surface area (Å²) < 4.78 is 7.84. The van der Waals surface area contributed by atoms with Gasteiger partial charge in [0.15, 0.2) is 5.65 Å². The van der Waals surface area contributed by atoms with Crippen LogP contribution in [0.3, 0.4) is 0 Å². The third-order valence-corrected chi connectivity index (χ3v) is 5.43. The van der Waals surface area contributed by atoms with Gasteiger partial charge in [-0.15, -0.1) is 0 Å². The average Bonchev–Trinajstić information content (AvgIpc) is 2.92. The van der Waals surface area contributed by atoms with Gasteiger partial charge in [-0.2, -0.15) is 0 Å². The lowest BCUT2D eigenvalue weighted by atomic mass is 9.75. The standard InChI is InChI=1S/C20H29N3O2/c1-5-18-22-16-7-6-10-21-20(16)23(18)12-19(24)25-17-11-14(4)8-9-15(17)13(2)3/h6-7,10,13-15,17H,5,8-9,11-12H2,1-4H3/t14-,15+,17-/m1/s1. The third kappa shape index (κ3) is 3.86. The summed E-state index contributed by atoms with van der Waals surface area (Å²) in [5.41, 5.74) is 1.59. The maximum absolute atomic E-state index is 12.7. The van der Waals surface area contributed by atoms with Gasteiger partial charge in [-0.25, -0.2) is 9.97 Å². The number of carbonyl (C=O) groups is 1. The number of aromatic nitrogens is 3. The van der Waals surface area contributed by atoms with Crippen LogP contribution < -0.4 is 0 Å². The molecule has 1 aliphatic rings. The number of ether oxygens (including phenoxy) is 1. The lowest BCUT2D eigenvalue weighted by Crippen LogP contribution is -2.36. The molecule has 0 saturated heterocycles. The van der Waals surface area contributed by atoms with Crippen molar-refractivity contribution in [3.8, 4) is 0 Å². The van der Waals surface area contributed by atoms with E-state index in [0.29, 0.717) is 17.8 Å². The van der Waals surface area contributed by atoms with Crippen LogP contribution in [0.5, 0.6) is 0 Å².